The molecule has 1 heterocycles. The van der Waals surface area contributed by atoms with Crippen LogP contribution < -0.4 is 5.32 Å². The van der Waals surface area contributed by atoms with Crippen LogP contribution in [0.3, 0.4) is 0 Å². The van der Waals surface area contributed by atoms with Gasteiger partial charge in [-0.15, -0.1) is 0 Å². The molecule has 1 aromatic heterocycles. The van der Waals surface area contributed by atoms with E-state index in [0.717, 1.165) is 42.9 Å². The highest BCUT2D eigenvalue weighted by molar-refractivity contribution is 5.35. The van der Waals surface area contributed by atoms with E-state index in [0.29, 0.717) is 0 Å². The monoisotopic (exact) mass is 259 g/mol. The zero-order valence-corrected chi connectivity index (χ0v) is 11.1. The number of hydrogen-bond acceptors (Lipinski definition) is 3. The third-order valence-electron chi connectivity index (χ3n) is 2.84. The van der Waals surface area contributed by atoms with Crippen molar-refractivity contribution in [3.8, 4) is 0 Å². The Balaban J connectivity index is 1.87. The normalized spacial score (nSPS) is 10.4. The number of hydrogen-bond donors (Lipinski definition) is 1. The first-order chi connectivity index (χ1) is 9.28. The predicted octanol–water partition coefficient (Wildman–Crippen LogP) is 3.22. The predicted molar refractivity (Wildman–Crippen MR) is 74.6 cm³/mol. The van der Waals surface area contributed by atoms with Gasteiger partial charge in [0.1, 0.15) is 18.0 Å². The van der Waals surface area contributed by atoms with Crippen molar-refractivity contribution >= 4 is 5.82 Å². The molecule has 2 aromatic rings. The van der Waals surface area contributed by atoms with Gasteiger partial charge in [-0.1, -0.05) is 25.5 Å². The van der Waals surface area contributed by atoms with Crippen LogP contribution >= 0.6 is 0 Å². The van der Waals surface area contributed by atoms with Gasteiger partial charge in [-0.2, -0.15) is 0 Å². The van der Waals surface area contributed by atoms with Crippen LogP contribution in [0.25, 0.3) is 0 Å². The molecule has 3 nitrogen and oxygen atoms in total. The largest absolute Gasteiger partial charge is 0.370 e. The molecule has 0 saturated carbocycles. The molecule has 2 rings (SSSR count). The summed E-state index contributed by atoms with van der Waals surface area (Å²) in [5.41, 5.74) is 2.03. The number of rotatable bonds is 6. The van der Waals surface area contributed by atoms with Crippen LogP contribution in [0.4, 0.5) is 10.2 Å². The van der Waals surface area contributed by atoms with Crippen LogP contribution in [0, 0.1) is 5.82 Å². The number of anilines is 1. The molecular weight excluding hydrogens is 241 g/mol. The van der Waals surface area contributed by atoms with E-state index in [1.807, 2.05) is 12.1 Å². The maximum atomic E-state index is 13.0. The van der Waals surface area contributed by atoms with Crippen molar-refractivity contribution in [1.82, 2.24) is 9.97 Å². The molecule has 0 atom stereocenters. The molecule has 100 valence electrons. The summed E-state index contributed by atoms with van der Waals surface area (Å²) in [6.45, 7) is 2.85. The fourth-order valence-electron chi connectivity index (χ4n) is 1.91. The van der Waals surface area contributed by atoms with Gasteiger partial charge < -0.3 is 5.32 Å². The van der Waals surface area contributed by atoms with Gasteiger partial charge >= 0.3 is 0 Å². The molecule has 0 bridgehead atoms. The number of benzene rings is 1. The lowest BCUT2D eigenvalue weighted by atomic mass is 10.1. The Hall–Kier alpha value is -1.97. The third kappa shape index (κ3) is 4.32. The van der Waals surface area contributed by atoms with E-state index in [9.17, 15) is 4.39 Å². The van der Waals surface area contributed by atoms with Crippen molar-refractivity contribution in [3.63, 3.8) is 0 Å². The Labute approximate surface area is 112 Å². The molecule has 0 fully saturated rings. The van der Waals surface area contributed by atoms with Gasteiger partial charge in [-0.05, 0) is 30.5 Å². The first-order valence-corrected chi connectivity index (χ1v) is 6.57. The second kappa shape index (κ2) is 6.83. The van der Waals surface area contributed by atoms with Crippen LogP contribution in [0.5, 0.6) is 0 Å². The minimum absolute atomic E-state index is 0.190. The maximum absolute atomic E-state index is 13.0. The van der Waals surface area contributed by atoms with Crippen LogP contribution in [0.15, 0.2) is 36.7 Å². The molecule has 0 radical (unpaired) electrons. The molecule has 0 aliphatic rings. The van der Waals surface area contributed by atoms with Crippen molar-refractivity contribution < 1.29 is 4.39 Å². The summed E-state index contributed by atoms with van der Waals surface area (Å²) in [5.74, 6) is 0.639. The second-order valence-corrected chi connectivity index (χ2v) is 4.45. The van der Waals surface area contributed by atoms with Crippen molar-refractivity contribution in [3.05, 3.63) is 53.7 Å². The zero-order chi connectivity index (χ0) is 13.5. The minimum Gasteiger partial charge on any atom is -0.370 e. The van der Waals surface area contributed by atoms with E-state index in [1.54, 1.807) is 18.5 Å². The first-order valence-electron chi connectivity index (χ1n) is 6.57. The van der Waals surface area contributed by atoms with Gasteiger partial charge in [0.15, 0.2) is 0 Å². The van der Waals surface area contributed by atoms with Gasteiger partial charge in [0.2, 0.25) is 0 Å². The molecule has 1 N–H and O–H groups in total. The summed E-state index contributed by atoms with van der Waals surface area (Å²) < 4.78 is 13.0. The van der Waals surface area contributed by atoms with Crippen LogP contribution in [-0.4, -0.2) is 16.5 Å². The molecule has 0 saturated heterocycles. The Bertz CT molecular complexity index is 528. The Morgan fingerprint density at radius 3 is 2.84 bits per heavy atom. The minimum atomic E-state index is -0.190. The maximum Gasteiger partial charge on any atom is 0.129 e. The highest BCUT2D eigenvalue weighted by Gasteiger charge is 1.99. The van der Waals surface area contributed by atoms with Gasteiger partial charge in [-0.3, -0.25) is 0 Å². The molecular formula is C15H18FN3. The number of aryl methyl sites for hydroxylation is 1. The van der Waals surface area contributed by atoms with Gasteiger partial charge in [0.25, 0.3) is 0 Å². The lowest BCUT2D eigenvalue weighted by Crippen LogP contribution is -2.07. The number of nitrogens with one attached hydrogen (secondary N) is 1. The van der Waals surface area contributed by atoms with Crippen LogP contribution in [0.1, 0.15) is 24.6 Å². The Morgan fingerprint density at radius 1 is 1.16 bits per heavy atom. The zero-order valence-electron chi connectivity index (χ0n) is 11.1. The average molecular weight is 259 g/mol. The van der Waals surface area contributed by atoms with E-state index < -0.39 is 0 Å². The fourth-order valence-corrected chi connectivity index (χ4v) is 1.91. The van der Waals surface area contributed by atoms with Crippen molar-refractivity contribution in [2.45, 2.75) is 26.2 Å². The number of nitrogens with zero attached hydrogens (tertiary/aromatic N) is 2. The third-order valence-corrected chi connectivity index (χ3v) is 2.84. The Kier molecular flexibility index (Phi) is 4.84. The molecule has 0 aliphatic heterocycles. The average Bonchev–Trinajstić information content (AvgIpc) is 2.40. The van der Waals surface area contributed by atoms with E-state index in [1.165, 1.54) is 6.07 Å². The van der Waals surface area contributed by atoms with E-state index in [-0.39, 0.29) is 5.82 Å². The van der Waals surface area contributed by atoms with Crippen molar-refractivity contribution in [2.24, 2.45) is 0 Å². The van der Waals surface area contributed by atoms with E-state index >= 15 is 0 Å². The molecule has 1 aromatic carbocycles. The van der Waals surface area contributed by atoms with E-state index in [4.69, 9.17) is 0 Å². The Morgan fingerprint density at radius 2 is 2.05 bits per heavy atom. The molecule has 19 heavy (non-hydrogen) atoms. The number of aromatic nitrogens is 2. The highest BCUT2D eigenvalue weighted by atomic mass is 19.1. The van der Waals surface area contributed by atoms with Gasteiger partial charge in [-0.25, -0.2) is 14.4 Å². The van der Waals surface area contributed by atoms with Crippen LogP contribution in [0.2, 0.25) is 0 Å². The molecule has 4 heteroatoms. The summed E-state index contributed by atoms with van der Waals surface area (Å²) in [6.07, 6.45) is 4.38. The van der Waals surface area contributed by atoms with Crippen molar-refractivity contribution in [1.29, 1.82) is 0 Å². The fraction of sp³-hybridized carbons (Fsp3) is 0.333. The van der Waals surface area contributed by atoms with Crippen LogP contribution in [-0.2, 0) is 12.8 Å². The SMILES string of the molecule is CCCc1cc(NCCc2cccc(F)c2)ncn1. The smallest absolute Gasteiger partial charge is 0.129 e. The highest BCUT2D eigenvalue weighted by Crippen LogP contribution is 2.08. The summed E-state index contributed by atoms with van der Waals surface area (Å²) in [4.78, 5) is 8.38. The lowest BCUT2D eigenvalue weighted by Gasteiger charge is -2.06. The summed E-state index contributed by atoms with van der Waals surface area (Å²) in [5, 5.41) is 3.24. The first kappa shape index (κ1) is 13.5. The summed E-state index contributed by atoms with van der Waals surface area (Å²) >= 11 is 0. The second-order valence-electron chi connectivity index (χ2n) is 4.45. The molecule has 0 amide bonds. The summed E-state index contributed by atoms with van der Waals surface area (Å²) in [7, 11) is 0. The standard InChI is InChI=1S/C15H18FN3/c1-2-4-14-10-15(19-11-18-14)17-8-7-12-5-3-6-13(16)9-12/h3,5-6,9-11H,2,4,7-8H2,1H3,(H,17,18,19). The topological polar surface area (TPSA) is 37.8 Å². The quantitative estimate of drug-likeness (QED) is 0.865. The van der Waals surface area contributed by atoms with Gasteiger partial charge in [0, 0.05) is 18.3 Å². The van der Waals surface area contributed by atoms with E-state index in [2.05, 4.69) is 22.2 Å². The van der Waals surface area contributed by atoms with Crippen molar-refractivity contribution in [2.75, 3.05) is 11.9 Å². The number of halogens is 1. The lowest BCUT2D eigenvalue weighted by molar-refractivity contribution is 0.625. The molecule has 0 spiro atoms. The van der Waals surface area contributed by atoms with Gasteiger partial charge in [0.05, 0.1) is 0 Å². The molecule has 0 aliphatic carbocycles. The molecule has 0 unspecified atom stereocenters. The summed E-state index contributed by atoms with van der Waals surface area (Å²) in [6, 6.07) is 8.64.